The normalized spacial score (nSPS) is 18.6. The fourth-order valence-electron chi connectivity index (χ4n) is 2.39. The van der Waals surface area contributed by atoms with E-state index >= 15 is 0 Å². The van der Waals surface area contributed by atoms with E-state index in [2.05, 4.69) is 13.8 Å². The van der Waals surface area contributed by atoms with Crippen molar-refractivity contribution in [1.29, 1.82) is 0 Å². The lowest BCUT2D eigenvalue weighted by Gasteiger charge is -2.26. The first-order chi connectivity index (χ1) is 10.1. The Labute approximate surface area is 131 Å². The van der Waals surface area contributed by atoms with Crippen LogP contribution < -0.4 is 4.74 Å². The fourth-order valence-corrected chi connectivity index (χ4v) is 3.62. The molecule has 0 fully saturated rings. The van der Waals surface area contributed by atoms with Gasteiger partial charge < -0.3 is 9.64 Å². The van der Waals surface area contributed by atoms with Gasteiger partial charge in [0, 0.05) is 17.0 Å². The summed E-state index contributed by atoms with van der Waals surface area (Å²) in [6, 6.07) is 8.02. The number of hydrogen-bond acceptors (Lipinski definition) is 3. The molecule has 21 heavy (non-hydrogen) atoms. The third-order valence-electron chi connectivity index (χ3n) is 3.89. The lowest BCUT2D eigenvalue weighted by atomic mass is 10.2. The highest BCUT2D eigenvalue weighted by molar-refractivity contribution is 8.00. The van der Waals surface area contributed by atoms with Crippen LogP contribution in [0.25, 0.3) is 0 Å². The van der Waals surface area contributed by atoms with Crippen LogP contribution in [0.2, 0.25) is 0 Å². The predicted molar refractivity (Wildman–Crippen MR) is 87.6 cm³/mol. The fraction of sp³-hybridized carbons (Fsp3) is 0.471. The Bertz CT molecular complexity index is 536. The molecule has 1 aliphatic rings. The first-order valence-electron chi connectivity index (χ1n) is 7.37. The van der Waals surface area contributed by atoms with Crippen molar-refractivity contribution in [2.45, 2.75) is 43.9 Å². The molecule has 0 saturated heterocycles. The molecule has 1 heterocycles. The van der Waals surface area contributed by atoms with Crippen LogP contribution in [-0.2, 0) is 4.79 Å². The molecule has 1 aromatic rings. The molecule has 0 radical (unpaired) electrons. The van der Waals surface area contributed by atoms with Crippen LogP contribution in [0.3, 0.4) is 0 Å². The Hall–Kier alpha value is -1.42. The van der Waals surface area contributed by atoms with Crippen molar-refractivity contribution < 1.29 is 9.53 Å². The van der Waals surface area contributed by atoms with Crippen molar-refractivity contribution in [2.75, 3.05) is 13.7 Å². The van der Waals surface area contributed by atoms with Crippen molar-refractivity contribution in [3.8, 4) is 5.75 Å². The van der Waals surface area contributed by atoms with E-state index in [1.54, 1.807) is 18.9 Å². The van der Waals surface area contributed by atoms with E-state index in [4.69, 9.17) is 4.74 Å². The maximum atomic E-state index is 12.4. The molecule has 0 unspecified atom stereocenters. The van der Waals surface area contributed by atoms with Gasteiger partial charge in [0.15, 0.2) is 0 Å². The molecule has 0 saturated carbocycles. The monoisotopic (exact) mass is 305 g/mol. The van der Waals surface area contributed by atoms with Gasteiger partial charge in [-0.25, -0.2) is 0 Å². The quantitative estimate of drug-likeness (QED) is 0.792. The number of benzene rings is 1. The molecule has 0 N–H and O–H groups in total. The second-order valence-electron chi connectivity index (χ2n) is 5.31. The second kappa shape index (κ2) is 7.03. The number of amides is 1. The van der Waals surface area contributed by atoms with Gasteiger partial charge in [-0.05, 0) is 50.1 Å². The zero-order chi connectivity index (χ0) is 15.4. The summed E-state index contributed by atoms with van der Waals surface area (Å²) in [5.41, 5.74) is 2.08. The number of carbonyl (C=O) groups is 1. The number of thioether (sulfide) groups is 1. The van der Waals surface area contributed by atoms with Gasteiger partial charge in [-0.3, -0.25) is 4.79 Å². The van der Waals surface area contributed by atoms with Crippen LogP contribution in [-0.4, -0.2) is 29.8 Å². The van der Waals surface area contributed by atoms with E-state index < -0.39 is 0 Å². The zero-order valence-electron chi connectivity index (χ0n) is 13.2. The number of hydrogen-bond donors (Lipinski definition) is 0. The Morgan fingerprint density at radius 2 is 1.90 bits per heavy atom. The summed E-state index contributed by atoms with van der Waals surface area (Å²) in [6.45, 7) is 6.99. The van der Waals surface area contributed by atoms with Crippen LogP contribution in [0, 0.1) is 0 Å². The van der Waals surface area contributed by atoms with Crippen molar-refractivity contribution in [3.63, 3.8) is 0 Å². The van der Waals surface area contributed by atoms with E-state index in [1.807, 2.05) is 36.1 Å². The summed E-state index contributed by atoms with van der Waals surface area (Å²) >= 11 is 1.74. The van der Waals surface area contributed by atoms with E-state index in [0.29, 0.717) is 0 Å². The summed E-state index contributed by atoms with van der Waals surface area (Å²) in [6.07, 6.45) is 2.15. The van der Waals surface area contributed by atoms with Gasteiger partial charge in [0.1, 0.15) is 11.1 Å². The average Bonchev–Trinajstić information content (AvgIpc) is 2.71. The minimum Gasteiger partial charge on any atom is -0.497 e. The highest BCUT2D eigenvalue weighted by atomic mass is 32.2. The van der Waals surface area contributed by atoms with Crippen molar-refractivity contribution >= 4 is 17.7 Å². The lowest BCUT2D eigenvalue weighted by Crippen LogP contribution is -2.34. The molecule has 0 aliphatic carbocycles. The third-order valence-corrected chi connectivity index (χ3v) is 5.26. The Morgan fingerprint density at radius 3 is 2.48 bits per heavy atom. The molecule has 0 spiro atoms. The van der Waals surface area contributed by atoms with Gasteiger partial charge in [0.25, 0.3) is 5.91 Å². The standard InChI is InChI=1S/C17H23NO2S/c1-5-6-11-18-16(19)12(2)13(3)17(18)21-15-9-7-14(20-4)8-10-15/h7-10,17H,5-6,11H2,1-4H3/t17-/m1/s1. The highest BCUT2D eigenvalue weighted by Gasteiger charge is 2.34. The molecule has 3 nitrogen and oxygen atoms in total. The largest absolute Gasteiger partial charge is 0.497 e. The first kappa shape index (κ1) is 16.0. The number of methoxy groups -OCH3 is 1. The Morgan fingerprint density at radius 1 is 1.24 bits per heavy atom. The molecule has 0 aromatic heterocycles. The van der Waals surface area contributed by atoms with Crippen LogP contribution in [0.1, 0.15) is 33.6 Å². The minimum atomic E-state index is 0.123. The Kier molecular flexibility index (Phi) is 5.34. The van der Waals surface area contributed by atoms with Crippen molar-refractivity contribution in [2.24, 2.45) is 0 Å². The van der Waals surface area contributed by atoms with Gasteiger partial charge in [0.2, 0.25) is 0 Å². The van der Waals surface area contributed by atoms with Crippen LogP contribution in [0.5, 0.6) is 5.75 Å². The van der Waals surface area contributed by atoms with Crippen molar-refractivity contribution in [1.82, 2.24) is 4.90 Å². The molecule has 1 aromatic carbocycles. The van der Waals surface area contributed by atoms with Gasteiger partial charge in [-0.1, -0.05) is 25.1 Å². The number of ether oxygens (including phenoxy) is 1. The molecule has 1 amide bonds. The van der Waals surface area contributed by atoms with Gasteiger partial charge in [-0.15, -0.1) is 0 Å². The molecule has 1 aliphatic heterocycles. The van der Waals surface area contributed by atoms with Crippen LogP contribution in [0.4, 0.5) is 0 Å². The summed E-state index contributed by atoms with van der Waals surface area (Å²) < 4.78 is 5.19. The Balaban J connectivity index is 2.15. The van der Waals surface area contributed by atoms with E-state index in [9.17, 15) is 4.79 Å². The predicted octanol–water partition coefficient (Wildman–Crippen LogP) is 4.09. The first-order valence-corrected chi connectivity index (χ1v) is 8.25. The minimum absolute atomic E-state index is 0.123. The van der Waals surface area contributed by atoms with E-state index in [-0.39, 0.29) is 11.3 Å². The molecule has 2 rings (SSSR count). The van der Waals surface area contributed by atoms with E-state index in [0.717, 1.165) is 35.6 Å². The van der Waals surface area contributed by atoms with Crippen LogP contribution in [0.15, 0.2) is 40.3 Å². The smallest absolute Gasteiger partial charge is 0.250 e. The summed E-state index contributed by atoms with van der Waals surface area (Å²) in [7, 11) is 1.67. The zero-order valence-corrected chi connectivity index (χ0v) is 14.0. The molecule has 1 atom stereocenters. The maximum absolute atomic E-state index is 12.4. The molecule has 0 bridgehead atoms. The number of carbonyl (C=O) groups excluding carboxylic acids is 1. The number of unbranched alkanes of at least 4 members (excludes halogenated alkanes) is 1. The van der Waals surface area contributed by atoms with Crippen LogP contribution >= 0.6 is 11.8 Å². The van der Waals surface area contributed by atoms with Gasteiger partial charge in [-0.2, -0.15) is 0 Å². The molecule has 114 valence electrons. The van der Waals surface area contributed by atoms with Gasteiger partial charge in [0.05, 0.1) is 7.11 Å². The molecular formula is C17H23NO2S. The summed E-state index contributed by atoms with van der Waals surface area (Å²) in [5, 5.41) is 0.123. The molecule has 4 heteroatoms. The average molecular weight is 305 g/mol. The summed E-state index contributed by atoms with van der Waals surface area (Å²) in [5.74, 6) is 1.04. The number of nitrogens with zero attached hydrogens (tertiary/aromatic N) is 1. The molecular weight excluding hydrogens is 282 g/mol. The maximum Gasteiger partial charge on any atom is 0.250 e. The third kappa shape index (κ3) is 3.43. The topological polar surface area (TPSA) is 29.5 Å². The number of rotatable bonds is 6. The lowest BCUT2D eigenvalue weighted by molar-refractivity contribution is -0.125. The van der Waals surface area contributed by atoms with Gasteiger partial charge >= 0.3 is 0 Å². The van der Waals surface area contributed by atoms with Crippen molar-refractivity contribution in [3.05, 3.63) is 35.4 Å². The van der Waals surface area contributed by atoms with E-state index in [1.165, 1.54) is 5.57 Å². The SMILES string of the molecule is CCCCN1C(=O)C(C)=C(C)[C@H]1Sc1ccc(OC)cc1. The summed E-state index contributed by atoms with van der Waals surface area (Å²) in [4.78, 5) is 15.5. The highest BCUT2D eigenvalue weighted by Crippen LogP contribution is 2.37. The second-order valence-corrected chi connectivity index (χ2v) is 6.46.